The van der Waals surface area contributed by atoms with Crippen molar-refractivity contribution in [3.8, 4) is 0 Å². The van der Waals surface area contributed by atoms with E-state index >= 15 is 0 Å². The predicted molar refractivity (Wildman–Crippen MR) is 72.9 cm³/mol. The molecule has 0 aliphatic carbocycles. The van der Waals surface area contributed by atoms with Crippen LogP contribution in [0.15, 0.2) is 43.0 Å². The first-order valence-electron chi connectivity index (χ1n) is 5.06. The van der Waals surface area contributed by atoms with E-state index in [-0.39, 0.29) is 5.97 Å². The van der Waals surface area contributed by atoms with Gasteiger partial charge in [-0.25, -0.2) is 4.79 Å². The average Bonchev–Trinajstić information content (AvgIpc) is 2.38. The molecule has 0 N–H and O–H groups in total. The maximum absolute atomic E-state index is 10.2. The van der Waals surface area contributed by atoms with E-state index < -0.39 is 0 Å². The summed E-state index contributed by atoms with van der Waals surface area (Å²) in [5.41, 5.74) is 2.71. The second-order valence-electron chi connectivity index (χ2n) is 3.35. The molecule has 0 aliphatic rings. The van der Waals surface area contributed by atoms with Gasteiger partial charge in [0.15, 0.2) is 0 Å². The van der Waals surface area contributed by atoms with Crippen LogP contribution < -0.4 is 0 Å². The monoisotopic (exact) mass is 252 g/mol. The molecule has 0 aromatic heterocycles. The van der Waals surface area contributed by atoms with Crippen LogP contribution in [-0.4, -0.2) is 13.1 Å². The lowest BCUT2D eigenvalue weighted by Gasteiger charge is -1.94. The molecular formula is C14H17ClO2. The maximum Gasteiger partial charge on any atom is 0.332 e. The van der Waals surface area contributed by atoms with E-state index in [0.29, 0.717) is 11.5 Å². The van der Waals surface area contributed by atoms with E-state index in [1.807, 2.05) is 30.3 Å². The van der Waals surface area contributed by atoms with Gasteiger partial charge in [-0.05, 0) is 18.1 Å². The van der Waals surface area contributed by atoms with Gasteiger partial charge in [-0.1, -0.05) is 43.5 Å². The molecule has 17 heavy (non-hydrogen) atoms. The summed E-state index contributed by atoms with van der Waals surface area (Å²) < 4.78 is 4.27. The van der Waals surface area contributed by atoms with Gasteiger partial charge in [-0.15, -0.1) is 11.6 Å². The first-order valence-corrected chi connectivity index (χ1v) is 5.59. The number of hydrogen-bond donors (Lipinski definition) is 0. The Morgan fingerprint density at radius 2 is 1.94 bits per heavy atom. The minimum Gasteiger partial charge on any atom is -0.466 e. The van der Waals surface area contributed by atoms with E-state index in [2.05, 4.69) is 17.9 Å². The molecule has 0 saturated carbocycles. The molecule has 1 rings (SSSR count). The Hall–Kier alpha value is -1.54. The van der Waals surface area contributed by atoms with Gasteiger partial charge in [-0.3, -0.25) is 0 Å². The fourth-order valence-electron chi connectivity index (χ4n) is 0.917. The molecular weight excluding hydrogens is 236 g/mol. The third-order valence-corrected chi connectivity index (χ3v) is 2.21. The number of ether oxygens (including phenoxy) is 1. The third-order valence-electron chi connectivity index (χ3n) is 1.90. The smallest absolute Gasteiger partial charge is 0.332 e. The van der Waals surface area contributed by atoms with Gasteiger partial charge in [0.2, 0.25) is 0 Å². The van der Waals surface area contributed by atoms with Crippen molar-refractivity contribution in [3.63, 3.8) is 0 Å². The average molecular weight is 253 g/mol. The number of alkyl halides is 1. The molecule has 0 fully saturated rings. The fourth-order valence-corrected chi connectivity index (χ4v) is 1.10. The first kappa shape index (κ1) is 15.5. The van der Waals surface area contributed by atoms with Crippen LogP contribution in [0.3, 0.4) is 0 Å². The first-order chi connectivity index (χ1) is 8.04. The fraction of sp³-hybridized carbons (Fsp3) is 0.214. The van der Waals surface area contributed by atoms with Crippen LogP contribution in [0.4, 0.5) is 0 Å². The second kappa shape index (κ2) is 8.59. The molecule has 0 saturated heterocycles. The highest BCUT2D eigenvalue weighted by molar-refractivity contribution is 6.17. The van der Waals surface area contributed by atoms with Crippen molar-refractivity contribution in [3.05, 3.63) is 54.1 Å². The minimum absolute atomic E-state index is 0.347. The molecule has 0 spiro atoms. The van der Waals surface area contributed by atoms with E-state index in [0.717, 1.165) is 11.1 Å². The van der Waals surface area contributed by atoms with Crippen molar-refractivity contribution >= 4 is 23.6 Å². The molecule has 1 aromatic rings. The number of carbonyl (C=O) groups excluding carboxylic acids is 1. The van der Waals surface area contributed by atoms with Gasteiger partial charge < -0.3 is 4.74 Å². The van der Waals surface area contributed by atoms with Crippen LogP contribution in [-0.2, 0) is 15.4 Å². The molecule has 92 valence electrons. The van der Waals surface area contributed by atoms with Crippen molar-refractivity contribution in [2.75, 3.05) is 7.11 Å². The number of hydrogen-bond acceptors (Lipinski definition) is 2. The van der Waals surface area contributed by atoms with Crippen LogP contribution in [0.1, 0.15) is 18.1 Å². The summed E-state index contributed by atoms with van der Waals surface area (Å²) in [6.07, 6.45) is 1.82. The Morgan fingerprint density at radius 1 is 1.41 bits per heavy atom. The summed E-state index contributed by atoms with van der Waals surface area (Å²) in [5.74, 6) is 0.234. The molecule has 1 aromatic carbocycles. The summed E-state index contributed by atoms with van der Waals surface area (Å²) >= 11 is 5.60. The lowest BCUT2D eigenvalue weighted by atomic mass is 10.1. The normalized spacial score (nSPS) is 8.65. The van der Waals surface area contributed by atoms with Gasteiger partial charge in [0, 0.05) is 11.5 Å². The number of benzene rings is 1. The highest BCUT2D eigenvalue weighted by atomic mass is 35.5. The lowest BCUT2D eigenvalue weighted by Crippen LogP contribution is -1.98. The number of rotatable bonds is 3. The number of methoxy groups -OCH3 is 1. The lowest BCUT2D eigenvalue weighted by molar-refractivity contribution is -0.136. The van der Waals surface area contributed by atoms with Crippen molar-refractivity contribution in [2.24, 2.45) is 0 Å². The van der Waals surface area contributed by atoms with Crippen LogP contribution in [0.2, 0.25) is 0 Å². The van der Waals surface area contributed by atoms with Crippen LogP contribution >= 0.6 is 11.6 Å². The zero-order valence-corrected chi connectivity index (χ0v) is 11.0. The van der Waals surface area contributed by atoms with Crippen LogP contribution in [0, 0.1) is 0 Å². The molecule has 0 heterocycles. The van der Waals surface area contributed by atoms with Crippen molar-refractivity contribution < 1.29 is 9.53 Å². The molecule has 0 bridgehead atoms. The number of esters is 1. The minimum atomic E-state index is -0.347. The number of carbonyl (C=O) groups is 1. The van der Waals surface area contributed by atoms with Crippen molar-refractivity contribution in [2.45, 2.75) is 12.8 Å². The molecule has 3 heteroatoms. The predicted octanol–water partition coefficient (Wildman–Crippen LogP) is 3.80. The Kier molecular flexibility index (Phi) is 7.82. The van der Waals surface area contributed by atoms with Gasteiger partial charge in [0.05, 0.1) is 7.11 Å². The van der Waals surface area contributed by atoms with E-state index in [1.54, 1.807) is 6.92 Å². The SMILES string of the molecule is C=C(C)C(=O)OC.C=Cc1ccc(CCl)cc1. The van der Waals surface area contributed by atoms with Gasteiger partial charge in [0.1, 0.15) is 0 Å². The summed E-state index contributed by atoms with van der Waals surface area (Å²) in [7, 11) is 1.33. The molecule has 2 nitrogen and oxygen atoms in total. The van der Waals surface area contributed by atoms with E-state index in [1.165, 1.54) is 7.11 Å². The number of halogens is 1. The topological polar surface area (TPSA) is 26.3 Å². The quantitative estimate of drug-likeness (QED) is 0.465. The highest BCUT2D eigenvalue weighted by Gasteiger charge is 1.95. The molecule has 0 unspecified atom stereocenters. The van der Waals surface area contributed by atoms with E-state index in [4.69, 9.17) is 11.6 Å². The zero-order valence-electron chi connectivity index (χ0n) is 10.2. The Bertz CT molecular complexity index is 380. The molecule has 0 radical (unpaired) electrons. The van der Waals surface area contributed by atoms with Crippen molar-refractivity contribution in [1.82, 2.24) is 0 Å². The van der Waals surface area contributed by atoms with Crippen LogP contribution in [0.5, 0.6) is 0 Å². The Morgan fingerprint density at radius 3 is 2.18 bits per heavy atom. The summed E-state index contributed by atoms with van der Waals surface area (Å²) in [6, 6.07) is 8.02. The molecule has 0 atom stereocenters. The Balaban J connectivity index is 0.000000325. The summed E-state index contributed by atoms with van der Waals surface area (Å²) in [4.78, 5) is 10.2. The van der Waals surface area contributed by atoms with Gasteiger partial charge in [-0.2, -0.15) is 0 Å². The third kappa shape index (κ3) is 6.59. The zero-order chi connectivity index (χ0) is 13.3. The molecule has 0 amide bonds. The summed E-state index contributed by atoms with van der Waals surface area (Å²) in [6.45, 7) is 8.61. The summed E-state index contributed by atoms with van der Waals surface area (Å²) in [5, 5.41) is 0. The van der Waals surface area contributed by atoms with Gasteiger partial charge >= 0.3 is 5.97 Å². The maximum atomic E-state index is 10.2. The van der Waals surface area contributed by atoms with Crippen molar-refractivity contribution in [1.29, 1.82) is 0 Å². The van der Waals surface area contributed by atoms with Crippen LogP contribution in [0.25, 0.3) is 6.08 Å². The van der Waals surface area contributed by atoms with Gasteiger partial charge in [0.25, 0.3) is 0 Å². The molecule has 0 aliphatic heterocycles. The highest BCUT2D eigenvalue weighted by Crippen LogP contribution is 2.06. The Labute approximate surface area is 108 Å². The second-order valence-corrected chi connectivity index (χ2v) is 3.62. The standard InChI is InChI=1S/C9H9Cl.C5H8O2/c1-2-8-3-5-9(7-10)6-4-8;1-4(2)5(6)7-3/h2-6H,1,7H2;1H2,2-3H3. The largest absolute Gasteiger partial charge is 0.466 e. The van der Waals surface area contributed by atoms with E-state index in [9.17, 15) is 4.79 Å².